The highest BCUT2D eigenvalue weighted by molar-refractivity contribution is 6.25. The summed E-state index contributed by atoms with van der Waals surface area (Å²) >= 11 is 0. The van der Waals surface area contributed by atoms with Gasteiger partial charge >= 0.3 is 0 Å². The van der Waals surface area contributed by atoms with E-state index < -0.39 is 0 Å². The Morgan fingerprint density at radius 3 is 1.74 bits per heavy atom. The lowest BCUT2D eigenvalue weighted by Crippen LogP contribution is -1.99. The molecule has 316 valence electrons. The van der Waals surface area contributed by atoms with Crippen molar-refractivity contribution in [2.45, 2.75) is 47.5 Å². The first-order valence-corrected chi connectivity index (χ1v) is 22.8. The van der Waals surface area contributed by atoms with E-state index in [-0.39, 0.29) is 0 Å². The highest BCUT2D eigenvalue weighted by Gasteiger charge is 2.13. The second-order valence-corrected chi connectivity index (χ2v) is 16.9. The highest BCUT2D eigenvalue weighted by atomic mass is 14.9. The van der Waals surface area contributed by atoms with Crippen LogP contribution in [0.15, 0.2) is 212 Å². The second-order valence-electron chi connectivity index (χ2n) is 16.9. The molecule has 1 aromatic heterocycles. The summed E-state index contributed by atoms with van der Waals surface area (Å²) < 4.78 is 0. The van der Waals surface area contributed by atoms with Crippen LogP contribution in [0.1, 0.15) is 54.9 Å². The highest BCUT2D eigenvalue weighted by Crippen LogP contribution is 2.38. The smallest absolute Gasteiger partial charge is 0.159 e. The maximum atomic E-state index is 4.82. The van der Waals surface area contributed by atoms with E-state index >= 15 is 0 Å². The van der Waals surface area contributed by atoms with Crippen LogP contribution in [0, 0.1) is 20.8 Å². The summed E-state index contributed by atoms with van der Waals surface area (Å²) in [7, 11) is 0. The number of aryl methyl sites for hydroxylation is 3. The normalized spacial score (nSPS) is 12.9. The van der Waals surface area contributed by atoms with Crippen LogP contribution in [-0.2, 0) is 0 Å². The van der Waals surface area contributed by atoms with Gasteiger partial charge in [0.15, 0.2) is 5.82 Å². The molecular formula is C63H54N2. The van der Waals surface area contributed by atoms with E-state index in [0.717, 1.165) is 41.2 Å². The van der Waals surface area contributed by atoms with Crippen LogP contribution in [0.3, 0.4) is 0 Å². The molecule has 0 bridgehead atoms. The van der Waals surface area contributed by atoms with E-state index in [4.69, 9.17) is 4.98 Å². The Kier molecular flexibility index (Phi) is 12.7. The molecule has 0 atom stereocenters. The van der Waals surface area contributed by atoms with Crippen molar-refractivity contribution in [3.05, 3.63) is 241 Å². The van der Waals surface area contributed by atoms with Crippen molar-refractivity contribution in [3.63, 3.8) is 0 Å². The molecule has 0 saturated heterocycles. The molecule has 0 spiro atoms. The van der Waals surface area contributed by atoms with Crippen molar-refractivity contribution in [1.29, 1.82) is 0 Å². The molecule has 0 saturated carbocycles. The number of fused-ring (bicyclic) bond motifs is 6. The minimum Gasteiger partial charge on any atom is -0.233 e. The quantitative estimate of drug-likeness (QED) is 0.113. The Hall–Kier alpha value is -7.68. The van der Waals surface area contributed by atoms with Crippen LogP contribution in [0.4, 0.5) is 0 Å². The topological polar surface area (TPSA) is 25.8 Å². The Balaban J connectivity index is 0.000000175. The molecule has 1 aliphatic carbocycles. The number of hydrogen-bond acceptors (Lipinski definition) is 2. The summed E-state index contributed by atoms with van der Waals surface area (Å²) in [5, 5.41) is 7.85. The molecule has 0 aliphatic heterocycles. The van der Waals surface area contributed by atoms with Crippen LogP contribution in [-0.4, -0.2) is 9.97 Å². The van der Waals surface area contributed by atoms with E-state index in [2.05, 4.69) is 219 Å². The van der Waals surface area contributed by atoms with Gasteiger partial charge in [-0.15, -0.1) is 0 Å². The fraction of sp³-hybridized carbons (Fsp3) is 0.111. The van der Waals surface area contributed by atoms with E-state index in [9.17, 15) is 0 Å². The minimum atomic E-state index is 0.813. The van der Waals surface area contributed by atoms with Crippen LogP contribution in [0.5, 0.6) is 0 Å². The molecule has 0 radical (unpaired) electrons. The SMILES string of the molecule is C\C=C/C=C(\C=C/C)c1ccc(-c2cc(C)nc(C3=CCCC=C3)n2)cc1.Cc1ccccc1-c1cc(-c2cccc(-c3ccc4c5ccccc5c5ccccc5c4c3)c2)ccc1C. The third-order valence-electron chi connectivity index (χ3n) is 12.4. The zero-order chi connectivity index (χ0) is 44.7. The van der Waals surface area contributed by atoms with Gasteiger partial charge in [-0.2, -0.15) is 0 Å². The molecule has 9 aromatic rings. The molecule has 8 aromatic carbocycles. The fourth-order valence-corrected chi connectivity index (χ4v) is 9.02. The summed E-state index contributed by atoms with van der Waals surface area (Å²) in [5.74, 6) is 0.813. The Morgan fingerprint density at radius 2 is 1.08 bits per heavy atom. The molecule has 2 heteroatoms. The molecule has 0 amide bonds. The van der Waals surface area contributed by atoms with E-state index in [1.165, 1.54) is 88.0 Å². The van der Waals surface area contributed by atoms with Crippen molar-refractivity contribution in [3.8, 4) is 44.6 Å². The zero-order valence-electron chi connectivity index (χ0n) is 38.0. The Morgan fingerprint density at radius 1 is 0.477 bits per heavy atom. The maximum Gasteiger partial charge on any atom is 0.159 e. The standard InChI is InChI=1S/C38H28.C25H26N2/c1-25-10-3-4-13-31(25)37-23-29(19-18-26(37)2)27-11-9-12-28(22-27)30-20-21-36-34-16-6-5-14-32(34)33-15-7-8-17-35(33)38(36)24-30;1-4-6-11-20(10-5-2)21-14-16-22(17-15-21)24-18-19(3)26-25(27-24)23-12-8-7-9-13-23/h3-24H,1-2H3;4-6,8,10-18H,7,9H2,1-3H3/b;6-4-,10-5-,20-11+. The number of aromatic nitrogens is 2. The fourth-order valence-electron chi connectivity index (χ4n) is 9.02. The first kappa shape index (κ1) is 42.6. The molecule has 1 heterocycles. The maximum absolute atomic E-state index is 4.82. The molecule has 10 rings (SSSR count). The van der Waals surface area contributed by atoms with Crippen molar-refractivity contribution in [2.24, 2.45) is 0 Å². The molecule has 0 unspecified atom stereocenters. The predicted molar refractivity (Wildman–Crippen MR) is 281 cm³/mol. The monoisotopic (exact) mass is 838 g/mol. The average Bonchev–Trinajstić information content (AvgIpc) is 3.36. The first-order valence-electron chi connectivity index (χ1n) is 22.8. The van der Waals surface area contributed by atoms with Gasteiger partial charge in [-0.3, -0.25) is 0 Å². The van der Waals surface area contributed by atoms with Crippen LogP contribution in [0.2, 0.25) is 0 Å². The summed E-state index contributed by atoms with van der Waals surface area (Å²) in [4.78, 5) is 9.45. The third-order valence-corrected chi connectivity index (χ3v) is 12.4. The largest absolute Gasteiger partial charge is 0.233 e. The molecular weight excluding hydrogens is 785 g/mol. The Labute approximate surface area is 384 Å². The van der Waals surface area contributed by atoms with Gasteiger partial charge in [-0.1, -0.05) is 188 Å². The lowest BCUT2D eigenvalue weighted by molar-refractivity contribution is 1.02. The summed E-state index contributed by atoms with van der Waals surface area (Å²) in [6.07, 6.45) is 19.1. The van der Waals surface area contributed by atoms with Crippen LogP contribution < -0.4 is 0 Å². The first-order chi connectivity index (χ1) is 31.9. The number of rotatable bonds is 8. The van der Waals surface area contributed by atoms with Crippen LogP contribution >= 0.6 is 0 Å². The van der Waals surface area contributed by atoms with Crippen molar-refractivity contribution < 1.29 is 0 Å². The van der Waals surface area contributed by atoms with E-state index in [1.54, 1.807) is 0 Å². The second kappa shape index (κ2) is 19.4. The molecule has 65 heavy (non-hydrogen) atoms. The zero-order valence-corrected chi connectivity index (χ0v) is 38.0. The van der Waals surface area contributed by atoms with Gasteiger partial charge in [0, 0.05) is 16.8 Å². The molecule has 0 fully saturated rings. The number of benzene rings is 8. The molecule has 1 aliphatic rings. The van der Waals surface area contributed by atoms with Gasteiger partial charge in [0.05, 0.1) is 5.69 Å². The predicted octanol–water partition coefficient (Wildman–Crippen LogP) is 17.5. The van der Waals surface area contributed by atoms with E-state index in [1.807, 2.05) is 32.9 Å². The summed E-state index contributed by atoms with van der Waals surface area (Å²) in [5.41, 5.74) is 16.7. The third kappa shape index (κ3) is 9.21. The lowest BCUT2D eigenvalue weighted by Gasteiger charge is -2.14. The van der Waals surface area contributed by atoms with Crippen molar-refractivity contribution >= 4 is 43.5 Å². The van der Waals surface area contributed by atoms with Gasteiger partial charge < -0.3 is 0 Å². The minimum absolute atomic E-state index is 0.813. The Bertz CT molecular complexity index is 3320. The van der Waals surface area contributed by atoms with Gasteiger partial charge in [0.1, 0.15) is 0 Å². The lowest BCUT2D eigenvalue weighted by atomic mass is 9.90. The summed E-state index contributed by atoms with van der Waals surface area (Å²) in [6.45, 7) is 10.5. The average molecular weight is 839 g/mol. The summed E-state index contributed by atoms with van der Waals surface area (Å²) in [6, 6.07) is 59.6. The van der Waals surface area contributed by atoms with E-state index in [0.29, 0.717) is 0 Å². The number of hydrogen-bond donors (Lipinski definition) is 0. The molecule has 2 nitrogen and oxygen atoms in total. The van der Waals surface area contributed by atoms with Crippen LogP contribution in [0.25, 0.3) is 88.1 Å². The van der Waals surface area contributed by atoms with Gasteiger partial charge in [0.2, 0.25) is 0 Å². The van der Waals surface area contributed by atoms with Gasteiger partial charge in [-0.05, 0) is 160 Å². The number of nitrogens with zero attached hydrogens (tertiary/aromatic N) is 2. The van der Waals surface area contributed by atoms with Gasteiger partial charge in [0.25, 0.3) is 0 Å². The van der Waals surface area contributed by atoms with Crippen molar-refractivity contribution in [1.82, 2.24) is 9.97 Å². The van der Waals surface area contributed by atoms with Crippen molar-refractivity contribution in [2.75, 3.05) is 0 Å². The molecule has 0 N–H and O–H groups in total. The number of allylic oxidation sites excluding steroid dienone is 10. The van der Waals surface area contributed by atoms with Gasteiger partial charge in [-0.25, -0.2) is 9.97 Å².